The molecule has 0 saturated carbocycles. The summed E-state index contributed by atoms with van der Waals surface area (Å²) in [5, 5.41) is 7.66. The predicted octanol–water partition coefficient (Wildman–Crippen LogP) is 3.31. The highest BCUT2D eigenvalue weighted by atomic mass is 32.1. The van der Waals surface area contributed by atoms with Crippen molar-refractivity contribution in [2.24, 2.45) is 7.05 Å². The number of rotatable bonds is 3. The smallest absolute Gasteiger partial charge is 0.276 e. The van der Waals surface area contributed by atoms with Gasteiger partial charge in [-0.15, -0.1) is 11.3 Å². The number of fused-ring (bicyclic) bond motifs is 1. The second-order valence-corrected chi connectivity index (χ2v) is 6.73. The average Bonchev–Trinajstić information content (AvgIpc) is 3.08. The molecule has 1 N–H and O–H groups in total. The maximum absolute atomic E-state index is 12.4. The summed E-state index contributed by atoms with van der Waals surface area (Å²) in [5.41, 5.74) is 2.44. The number of hydrogen-bond acceptors (Lipinski definition) is 5. The number of aromatic nitrogens is 3. The number of benzene rings is 2. The average molecular weight is 362 g/mol. The molecule has 0 bridgehead atoms. The molecule has 2 heterocycles. The first-order valence-electron chi connectivity index (χ1n) is 7.92. The molecule has 0 atom stereocenters. The molecule has 128 valence electrons. The van der Waals surface area contributed by atoms with Gasteiger partial charge < -0.3 is 5.32 Å². The van der Waals surface area contributed by atoms with Gasteiger partial charge in [-0.2, -0.15) is 5.10 Å². The van der Waals surface area contributed by atoms with Gasteiger partial charge in [0.25, 0.3) is 11.5 Å². The molecule has 0 fully saturated rings. The number of anilines is 1. The molecule has 1 amide bonds. The first kappa shape index (κ1) is 16.2. The van der Waals surface area contributed by atoms with E-state index in [1.54, 1.807) is 17.4 Å². The number of hydrogen-bond donors (Lipinski definition) is 1. The monoisotopic (exact) mass is 362 g/mol. The second kappa shape index (κ2) is 6.53. The fraction of sp³-hybridized carbons (Fsp3) is 0.0526. The Balaban J connectivity index is 1.62. The van der Waals surface area contributed by atoms with E-state index in [1.807, 2.05) is 42.5 Å². The molecule has 0 unspecified atom stereocenters. The third kappa shape index (κ3) is 3.12. The van der Waals surface area contributed by atoms with Crippen molar-refractivity contribution in [3.63, 3.8) is 0 Å². The van der Waals surface area contributed by atoms with Crippen LogP contribution in [0.4, 0.5) is 5.69 Å². The third-order valence-corrected chi connectivity index (χ3v) is 4.94. The summed E-state index contributed by atoms with van der Waals surface area (Å²) >= 11 is 1.60. The number of thiazole rings is 1. The largest absolute Gasteiger partial charge is 0.321 e. The normalized spacial score (nSPS) is 10.8. The van der Waals surface area contributed by atoms with Gasteiger partial charge in [0.2, 0.25) is 0 Å². The third-order valence-electron chi connectivity index (χ3n) is 3.85. The lowest BCUT2D eigenvalue weighted by Gasteiger charge is -2.06. The Morgan fingerprint density at radius 1 is 1.08 bits per heavy atom. The van der Waals surface area contributed by atoms with E-state index in [4.69, 9.17) is 0 Å². The van der Waals surface area contributed by atoms with E-state index in [-0.39, 0.29) is 17.2 Å². The molecule has 2 aromatic carbocycles. The van der Waals surface area contributed by atoms with Gasteiger partial charge in [-0.3, -0.25) is 9.59 Å². The highest BCUT2D eigenvalue weighted by Gasteiger charge is 2.11. The number of aryl methyl sites for hydroxylation is 1. The van der Waals surface area contributed by atoms with E-state index in [1.165, 1.54) is 19.2 Å². The van der Waals surface area contributed by atoms with Gasteiger partial charge in [0, 0.05) is 24.4 Å². The Bertz CT molecular complexity index is 1150. The SMILES string of the molecule is Cn1nc(C(=O)Nc2cccc(-c3nc4ccccc4s3)c2)ccc1=O. The van der Waals surface area contributed by atoms with Crippen molar-refractivity contribution in [2.75, 3.05) is 5.32 Å². The molecule has 7 heteroatoms. The Hall–Kier alpha value is -3.32. The van der Waals surface area contributed by atoms with Crippen molar-refractivity contribution in [1.29, 1.82) is 0 Å². The number of carbonyl (C=O) groups is 1. The summed E-state index contributed by atoms with van der Waals surface area (Å²) < 4.78 is 2.25. The minimum atomic E-state index is -0.373. The molecule has 26 heavy (non-hydrogen) atoms. The molecular formula is C19H14N4O2S. The molecule has 0 aliphatic rings. The van der Waals surface area contributed by atoms with Crippen molar-refractivity contribution in [3.8, 4) is 10.6 Å². The molecular weight excluding hydrogens is 348 g/mol. The second-order valence-electron chi connectivity index (χ2n) is 5.70. The van der Waals surface area contributed by atoms with Crippen LogP contribution in [0.2, 0.25) is 0 Å². The van der Waals surface area contributed by atoms with Gasteiger partial charge in [0.05, 0.1) is 10.2 Å². The van der Waals surface area contributed by atoms with E-state index >= 15 is 0 Å². The summed E-state index contributed by atoms with van der Waals surface area (Å²) in [7, 11) is 1.51. The number of nitrogens with one attached hydrogen (secondary N) is 1. The van der Waals surface area contributed by atoms with Crippen molar-refractivity contribution >= 4 is 33.1 Å². The van der Waals surface area contributed by atoms with Crippen LogP contribution in [-0.4, -0.2) is 20.7 Å². The van der Waals surface area contributed by atoms with Crippen LogP contribution in [-0.2, 0) is 7.05 Å². The quantitative estimate of drug-likeness (QED) is 0.607. The molecule has 0 aliphatic carbocycles. The number of para-hydroxylation sites is 1. The van der Waals surface area contributed by atoms with Crippen LogP contribution in [0, 0.1) is 0 Å². The van der Waals surface area contributed by atoms with Crippen molar-refractivity contribution in [1.82, 2.24) is 14.8 Å². The summed E-state index contributed by atoms with van der Waals surface area (Å²) in [6.07, 6.45) is 0. The van der Waals surface area contributed by atoms with Gasteiger partial charge in [0.15, 0.2) is 0 Å². The summed E-state index contributed by atoms with van der Waals surface area (Å²) in [4.78, 5) is 28.4. The minimum absolute atomic E-state index is 0.178. The zero-order chi connectivity index (χ0) is 18.1. The fourth-order valence-corrected chi connectivity index (χ4v) is 3.51. The maximum Gasteiger partial charge on any atom is 0.276 e. The highest BCUT2D eigenvalue weighted by molar-refractivity contribution is 7.21. The Morgan fingerprint density at radius 2 is 1.92 bits per heavy atom. The highest BCUT2D eigenvalue weighted by Crippen LogP contribution is 2.31. The zero-order valence-electron chi connectivity index (χ0n) is 13.8. The van der Waals surface area contributed by atoms with Gasteiger partial charge in [-0.05, 0) is 30.3 Å². The van der Waals surface area contributed by atoms with Crippen LogP contribution in [0.15, 0.2) is 65.5 Å². The Kier molecular flexibility index (Phi) is 4.06. The first-order chi connectivity index (χ1) is 12.6. The number of amides is 1. The fourth-order valence-electron chi connectivity index (χ4n) is 2.54. The van der Waals surface area contributed by atoms with E-state index < -0.39 is 0 Å². The van der Waals surface area contributed by atoms with Crippen LogP contribution in [0.3, 0.4) is 0 Å². The topological polar surface area (TPSA) is 76.9 Å². The van der Waals surface area contributed by atoms with Crippen LogP contribution in [0.1, 0.15) is 10.5 Å². The minimum Gasteiger partial charge on any atom is -0.321 e. The lowest BCUT2D eigenvalue weighted by Crippen LogP contribution is -2.23. The summed E-state index contributed by atoms with van der Waals surface area (Å²) in [6, 6.07) is 18.2. The first-order valence-corrected chi connectivity index (χ1v) is 8.73. The number of nitrogens with zero attached hydrogens (tertiary/aromatic N) is 3. The molecule has 0 saturated heterocycles. The van der Waals surface area contributed by atoms with Crippen LogP contribution >= 0.6 is 11.3 Å². The lowest BCUT2D eigenvalue weighted by molar-refractivity contribution is 0.102. The summed E-state index contributed by atoms with van der Waals surface area (Å²) in [5.74, 6) is -0.373. The van der Waals surface area contributed by atoms with E-state index in [2.05, 4.69) is 15.4 Å². The van der Waals surface area contributed by atoms with Gasteiger partial charge in [0.1, 0.15) is 10.7 Å². The van der Waals surface area contributed by atoms with Gasteiger partial charge >= 0.3 is 0 Å². The Labute approximate surface area is 152 Å². The molecule has 4 aromatic rings. The standard InChI is InChI=1S/C19H14N4O2S/c1-23-17(24)10-9-15(22-23)18(25)20-13-6-4-5-12(11-13)19-21-14-7-2-3-8-16(14)26-19/h2-11H,1H3,(H,20,25). The maximum atomic E-state index is 12.4. The zero-order valence-corrected chi connectivity index (χ0v) is 14.7. The van der Waals surface area contributed by atoms with Gasteiger partial charge in [-0.25, -0.2) is 9.67 Å². The van der Waals surface area contributed by atoms with E-state index in [0.717, 1.165) is 25.5 Å². The lowest BCUT2D eigenvalue weighted by atomic mass is 10.2. The molecule has 6 nitrogen and oxygen atoms in total. The molecule has 4 rings (SSSR count). The van der Waals surface area contributed by atoms with Crippen molar-refractivity contribution in [2.45, 2.75) is 0 Å². The van der Waals surface area contributed by atoms with Crippen LogP contribution < -0.4 is 10.9 Å². The van der Waals surface area contributed by atoms with Crippen LogP contribution in [0.5, 0.6) is 0 Å². The van der Waals surface area contributed by atoms with Gasteiger partial charge in [-0.1, -0.05) is 24.3 Å². The number of carbonyl (C=O) groups excluding carboxylic acids is 1. The molecule has 2 aromatic heterocycles. The van der Waals surface area contributed by atoms with Crippen molar-refractivity contribution in [3.05, 3.63) is 76.7 Å². The predicted molar refractivity (Wildman–Crippen MR) is 102 cm³/mol. The Morgan fingerprint density at radius 3 is 2.73 bits per heavy atom. The van der Waals surface area contributed by atoms with E-state index in [0.29, 0.717) is 5.69 Å². The molecule has 0 aliphatic heterocycles. The van der Waals surface area contributed by atoms with Crippen molar-refractivity contribution < 1.29 is 4.79 Å². The summed E-state index contributed by atoms with van der Waals surface area (Å²) in [6.45, 7) is 0. The molecule has 0 radical (unpaired) electrons. The molecule has 0 spiro atoms. The van der Waals surface area contributed by atoms with E-state index in [9.17, 15) is 9.59 Å². The van der Waals surface area contributed by atoms with Crippen LogP contribution in [0.25, 0.3) is 20.8 Å².